The molecule has 4 saturated carbocycles. The average Bonchev–Trinajstić information content (AvgIpc) is 3.10. The van der Waals surface area contributed by atoms with Gasteiger partial charge in [0.1, 0.15) is 6.54 Å². The van der Waals surface area contributed by atoms with Crippen molar-refractivity contribution in [2.45, 2.75) is 97.2 Å². The summed E-state index contributed by atoms with van der Waals surface area (Å²) in [7, 11) is 0. The molecule has 0 aromatic carbocycles. The van der Waals surface area contributed by atoms with Crippen LogP contribution in [0.5, 0.6) is 0 Å². The number of aliphatic hydroxyl groups excluding tert-OH is 2. The van der Waals surface area contributed by atoms with Gasteiger partial charge < -0.3 is 20.6 Å². The molecule has 0 aromatic rings. The van der Waals surface area contributed by atoms with Crippen molar-refractivity contribution in [2.24, 2.45) is 46.3 Å². The predicted octanol–water partition coefficient (Wildman–Crippen LogP) is 3.59. The van der Waals surface area contributed by atoms with E-state index in [2.05, 4.69) is 26.1 Å². The summed E-state index contributed by atoms with van der Waals surface area (Å²) >= 11 is 0. The molecule has 5 unspecified atom stereocenters. The van der Waals surface area contributed by atoms with Crippen molar-refractivity contribution in [3.63, 3.8) is 0 Å². The summed E-state index contributed by atoms with van der Waals surface area (Å²) in [5.74, 6) is 1.84. The fourth-order valence-electron chi connectivity index (χ4n) is 8.98. The van der Waals surface area contributed by atoms with Crippen LogP contribution in [0.15, 0.2) is 0 Å². The summed E-state index contributed by atoms with van der Waals surface area (Å²) in [5.41, 5.74) is 0.145. The van der Waals surface area contributed by atoms with Crippen LogP contribution in [0, 0.1) is 46.3 Å². The molecule has 4 fully saturated rings. The first kappa shape index (κ1) is 24.0. The topological polar surface area (TPSA) is 107 Å². The number of aliphatic hydroxyl groups is 2. The summed E-state index contributed by atoms with van der Waals surface area (Å²) in [6.07, 6.45) is 9.12. The highest BCUT2D eigenvalue weighted by Crippen LogP contribution is 2.68. The normalized spacial score (nSPS) is 46.5. The molecule has 0 bridgehead atoms. The van der Waals surface area contributed by atoms with Crippen molar-refractivity contribution in [3.8, 4) is 0 Å². The van der Waals surface area contributed by atoms with Crippen LogP contribution in [0.3, 0.4) is 0 Å². The first-order chi connectivity index (χ1) is 15.1. The van der Waals surface area contributed by atoms with E-state index in [1.807, 2.05) is 0 Å². The number of hydrogen-bond acceptors (Lipinski definition) is 4. The maximum Gasteiger partial charge on any atom is 0.322 e. The van der Waals surface area contributed by atoms with Crippen molar-refractivity contribution < 1.29 is 24.9 Å². The van der Waals surface area contributed by atoms with Crippen molar-refractivity contribution in [1.82, 2.24) is 5.32 Å². The van der Waals surface area contributed by atoms with Crippen LogP contribution < -0.4 is 5.32 Å². The Hall–Kier alpha value is -1.14. The van der Waals surface area contributed by atoms with Gasteiger partial charge in [-0.2, -0.15) is 0 Å². The zero-order chi connectivity index (χ0) is 23.3. The van der Waals surface area contributed by atoms with Gasteiger partial charge in [0.05, 0.1) is 12.2 Å². The maximum atomic E-state index is 12.0. The Balaban J connectivity index is 1.45. The molecular weight excluding hydrogens is 406 g/mol. The van der Waals surface area contributed by atoms with Gasteiger partial charge in [0.25, 0.3) is 0 Å². The van der Waals surface area contributed by atoms with Gasteiger partial charge >= 0.3 is 5.97 Å². The van der Waals surface area contributed by atoms with E-state index in [9.17, 15) is 19.8 Å². The number of carbonyl (C=O) groups is 2. The monoisotopic (exact) mass is 449 g/mol. The minimum atomic E-state index is -1.02. The van der Waals surface area contributed by atoms with Crippen LogP contribution in [-0.2, 0) is 9.59 Å². The third-order valence-corrected chi connectivity index (χ3v) is 10.8. The quantitative estimate of drug-likeness (QED) is 0.496. The molecule has 4 aliphatic carbocycles. The summed E-state index contributed by atoms with van der Waals surface area (Å²) in [4.78, 5) is 22.7. The lowest BCUT2D eigenvalue weighted by Gasteiger charge is -2.62. The molecule has 10 atom stereocenters. The lowest BCUT2D eigenvalue weighted by atomic mass is 9.43. The average molecular weight is 450 g/mol. The molecular formula is C26H43NO5. The molecule has 6 nitrogen and oxygen atoms in total. The Bertz CT molecular complexity index is 727. The van der Waals surface area contributed by atoms with Gasteiger partial charge in [-0.05, 0) is 104 Å². The van der Waals surface area contributed by atoms with E-state index in [1.54, 1.807) is 0 Å². The Morgan fingerprint density at radius 1 is 1.03 bits per heavy atom. The fraction of sp³-hybridized carbons (Fsp3) is 0.923. The smallest absolute Gasteiger partial charge is 0.322 e. The van der Waals surface area contributed by atoms with Crippen LogP contribution in [0.1, 0.15) is 85.0 Å². The summed E-state index contributed by atoms with van der Waals surface area (Å²) in [6.45, 7) is 6.65. The molecule has 0 saturated heterocycles. The van der Waals surface area contributed by atoms with Gasteiger partial charge in [0.15, 0.2) is 0 Å². The van der Waals surface area contributed by atoms with Gasteiger partial charge in [0, 0.05) is 6.42 Å². The summed E-state index contributed by atoms with van der Waals surface area (Å²) < 4.78 is 0. The van der Waals surface area contributed by atoms with E-state index in [1.165, 1.54) is 12.8 Å². The zero-order valence-corrected chi connectivity index (χ0v) is 20.1. The number of fused-ring (bicyclic) bond motifs is 5. The fourth-order valence-corrected chi connectivity index (χ4v) is 8.98. The molecule has 1 amide bonds. The zero-order valence-electron chi connectivity index (χ0n) is 20.1. The van der Waals surface area contributed by atoms with Crippen molar-refractivity contribution in [3.05, 3.63) is 0 Å². The molecule has 182 valence electrons. The third kappa shape index (κ3) is 4.00. The Labute approximate surface area is 192 Å². The van der Waals surface area contributed by atoms with E-state index in [4.69, 9.17) is 5.11 Å². The third-order valence-electron chi connectivity index (χ3n) is 10.8. The highest BCUT2D eigenvalue weighted by Gasteiger charge is 2.63. The largest absolute Gasteiger partial charge is 0.480 e. The Kier molecular flexibility index (Phi) is 6.68. The molecule has 0 aromatic heterocycles. The Morgan fingerprint density at radius 2 is 1.78 bits per heavy atom. The lowest BCUT2D eigenvalue weighted by Crippen LogP contribution is -2.58. The first-order valence-corrected chi connectivity index (χ1v) is 12.9. The molecule has 6 heteroatoms. The van der Waals surface area contributed by atoms with E-state index < -0.39 is 5.97 Å². The molecule has 0 aliphatic heterocycles. The number of hydrogen-bond donors (Lipinski definition) is 4. The Morgan fingerprint density at radius 3 is 2.50 bits per heavy atom. The van der Waals surface area contributed by atoms with Crippen LogP contribution in [0.2, 0.25) is 0 Å². The van der Waals surface area contributed by atoms with E-state index >= 15 is 0 Å². The number of aliphatic carboxylic acids is 1. The van der Waals surface area contributed by atoms with Gasteiger partial charge in [-0.1, -0.05) is 20.8 Å². The molecule has 4 N–H and O–H groups in total. The molecule has 4 aliphatic rings. The number of rotatable bonds is 6. The van der Waals surface area contributed by atoms with Crippen LogP contribution >= 0.6 is 0 Å². The number of amides is 1. The predicted molar refractivity (Wildman–Crippen MR) is 122 cm³/mol. The molecule has 32 heavy (non-hydrogen) atoms. The SMILES string of the molecule is C[C@H](CCC(=O)NCC(=O)O)[C@H]1CCC2C3CC[C@@H]4C[C@H](O)CCC4(C)C3C[C@H](O)C21C. The second-order valence-electron chi connectivity index (χ2n) is 12.1. The summed E-state index contributed by atoms with van der Waals surface area (Å²) in [6, 6.07) is 0. The second-order valence-corrected chi connectivity index (χ2v) is 12.1. The summed E-state index contributed by atoms with van der Waals surface area (Å²) in [5, 5.41) is 33.0. The highest BCUT2D eigenvalue weighted by molar-refractivity contribution is 5.81. The lowest BCUT2D eigenvalue weighted by molar-refractivity contribution is -0.175. The minimum absolute atomic E-state index is 0.102. The van der Waals surface area contributed by atoms with Gasteiger partial charge in [-0.15, -0.1) is 0 Å². The first-order valence-electron chi connectivity index (χ1n) is 12.9. The minimum Gasteiger partial charge on any atom is -0.480 e. The van der Waals surface area contributed by atoms with Gasteiger partial charge in [0.2, 0.25) is 5.91 Å². The van der Waals surface area contributed by atoms with Crippen molar-refractivity contribution >= 4 is 11.9 Å². The van der Waals surface area contributed by atoms with Crippen molar-refractivity contribution in [1.29, 1.82) is 0 Å². The standard InChI is InChI=1S/C26H43NO5/c1-15(4-9-23(30)27-14-24(31)32)19-7-8-20-18-6-5-16-12-17(28)10-11-25(16,2)21(18)13-22(29)26(19,20)3/h15-22,28-29H,4-14H2,1-3H3,(H,27,30)(H,31,32)/t15-,16-,17-,18?,19-,20?,21?,22+,25?,26?/m1/s1. The highest BCUT2D eigenvalue weighted by atomic mass is 16.4. The molecule has 4 rings (SSSR count). The number of carbonyl (C=O) groups excluding carboxylic acids is 1. The van der Waals surface area contributed by atoms with Crippen LogP contribution in [-0.4, -0.2) is 45.9 Å². The number of carboxylic acids is 1. The number of nitrogens with one attached hydrogen (secondary N) is 1. The van der Waals surface area contributed by atoms with Crippen molar-refractivity contribution in [2.75, 3.05) is 6.54 Å². The van der Waals surface area contributed by atoms with Gasteiger partial charge in [-0.3, -0.25) is 9.59 Å². The van der Waals surface area contributed by atoms with Crippen LogP contribution in [0.25, 0.3) is 0 Å². The second kappa shape index (κ2) is 8.90. The molecule has 0 heterocycles. The van der Waals surface area contributed by atoms with E-state index in [0.29, 0.717) is 41.9 Å². The molecule has 0 radical (unpaired) electrons. The van der Waals surface area contributed by atoms with Crippen LogP contribution in [0.4, 0.5) is 0 Å². The van der Waals surface area contributed by atoms with E-state index in [-0.39, 0.29) is 35.5 Å². The molecule has 0 spiro atoms. The maximum absolute atomic E-state index is 12.0. The van der Waals surface area contributed by atoms with E-state index in [0.717, 1.165) is 44.9 Å². The van der Waals surface area contributed by atoms with Gasteiger partial charge in [-0.25, -0.2) is 0 Å². The number of carboxylic acid groups (broad SMARTS) is 1.